The van der Waals surface area contributed by atoms with Crippen molar-refractivity contribution in [2.24, 2.45) is 0 Å². The molecule has 0 aliphatic carbocycles. The zero-order chi connectivity index (χ0) is 48.1. The summed E-state index contributed by atoms with van der Waals surface area (Å²) in [6.07, 6.45) is 2.82. The summed E-state index contributed by atoms with van der Waals surface area (Å²) in [5.41, 5.74) is 4.01. The number of imide groups is 1. The van der Waals surface area contributed by atoms with Gasteiger partial charge in [0.15, 0.2) is 11.5 Å². The molecule has 2 unspecified atom stereocenters. The number of aliphatic carboxylic acids is 1. The summed E-state index contributed by atoms with van der Waals surface area (Å²) >= 11 is 0.982. The Morgan fingerprint density at radius 3 is 2.37 bits per heavy atom. The van der Waals surface area contributed by atoms with Gasteiger partial charge in [0.05, 0.1) is 11.4 Å². The standard InChI is InChI=1S/C49H50N6O11S2/c1-49(2)25-33(50-32-9-4-7-30(23-32)40-24-39(66-26-42(57)58)44(67-40)47(61)62)18-21-54(49)68(64,65)27-28-6-3-8-31(22-28)51-48(63)53-19-16-29(17-20-53)34-12-13-37-43-35(34)10-5-11-36(43)46(60)55(37)38-14-15-41(56)52-45(38)59/h3-13,22-24,29,33,38,50H,14-21,25-27H2,1-2H3,(H,51,63)(H,57,58)(H,61,62)(H,52,56,59). The average molecular weight is 963 g/mol. The SMILES string of the molecule is CC1(C)CC(Nc2cccc(-c3cc(OCC(=O)O)c(C(=O)O)s3)c2)CCN1S(=O)(=O)Cc1cccc(NC(=O)N2CCC(c3ccc4c5c(cccc35)C(=O)N4C3CCC(=O)NC3=O)CC2)c1. The molecule has 4 aromatic carbocycles. The highest BCUT2D eigenvalue weighted by molar-refractivity contribution is 7.88. The summed E-state index contributed by atoms with van der Waals surface area (Å²) in [7, 11) is -3.80. The Kier molecular flexibility index (Phi) is 12.5. The quantitative estimate of drug-likeness (QED) is 0.0745. The third-order valence-corrected chi connectivity index (χ3v) is 16.4. The van der Waals surface area contributed by atoms with E-state index in [2.05, 4.69) is 16.0 Å². The van der Waals surface area contributed by atoms with E-state index in [1.807, 2.05) is 62.4 Å². The van der Waals surface area contributed by atoms with E-state index in [0.717, 1.165) is 33.4 Å². The first-order chi connectivity index (χ1) is 32.5. The first kappa shape index (κ1) is 46.3. The van der Waals surface area contributed by atoms with Gasteiger partial charge >= 0.3 is 18.0 Å². The van der Waals surface area contributed by atoms with E-state index in [4.69, 9.17) is 9.84 Å². The number of amides is 5. The number of carboxylic acids is 2. The van der Waals surface area contributed by atoms with Crippen molar-refractivity contribution < 1.29 is 52.1 Å². The Bertz CT molecular complexity index is 3000. The van der Waals surface area contributed by atoms with Gasteiger partial charge in [0, 0.05) is 64.8 Å². The molecule has 5 amide bonds. The molecule has 3 fully saturated rings. The van der Waals surface area contributed by atoms with Crippen molar-refractivity contribution in [3.8, 4) is 16.2 Å². The van der Waals surface area contributed by atoms with Gasteiger partial charge in [0.1, 0.15) is 11.8 Å². The molecule has 17 nitrogen and oxygen atoms in total. The lowest BCUT2D eigenvalue weighted by atomic mass is 9.85. The number of sulfonamides is 1. The van der Waals surface area contributed by atoms with Crippen molar-refractivity contribution >= 4 is 84.9 Å². The van der Waals surface area contributed by atoms with Gasteiger partial charge in [-0.2, -0.15) is 4.31 Å². The molecule has 19 heteroatoms. The third-order valence-electron chi connectivity index (χ3n) is 13.2. The molecule has 1 aromatic heterocycles. The zero-order valence-corrected chi connectivity index (χ0v) is 39.0. The van der Waals surface area contributed by atoms with E-state index in [0.29, 0.717) is 71.7 Å². The monoisotopic (exact) mass is 962 g/mol. The summed E-state index contributed by atoms with van der Waals surface area (Å²) in [4.78, 5) is 78.5. The molecule has 4 aliphatic heterocycles. The van der Waals surface area contributed by atoms with Crippen LogP contribution in [0.25, 0.3) is 21.2 Å². The van der Waals surface area contributed by atoms with Crippen LogP contribution in [-0.2, 0) is 30.2 Å². The predicted molar refractivity (Wildman–Crippen MR) is 256 cm³/mol. The van der Waals surface area contributed by atoms with Crippen LogP contribution in [0.15, 0.2) is 84.9 Å². The molecule has 0 radical (unpaired) electrons. The Morgan fingerprint density at radius 1 is 0.882 bits per heavy atom. The van der Waals surface area contributed by atoms with Crippen LogP contribution in [0.3, 0.4) is 0 Å². The van der Waals surface area contributed by atoms with E-state index in [1.165, 1.54) is 11.0 Å². The van der Waals surface area contributed by atoms with Gasteiger partial charge in [0.2, 0.25) is 21.8 Å². The van der Waals surface area contributed by atoms with Gasteiger partial charge in [-0.25, -0.2) is 22.8 Å². The van der Waals surface area contributed by atoms with Crippen LogP contribution in [0.1, 0.15) is 89.4 Å². The molecule has 5 N–H and O–H groups in total. The number of carboxylic acid groups (broad SMARTS) is 2. The molecule has 68 heavy (non-hydrogen) atoms. The average Bonchev–Trinajstić information content (AvgIpc) is 3.85. The smallest absolute Gasteiger partial charge is 0.349 e. The van der Waals surface area contributed by atoms with Crippen molar-refractivity contribution in [3.05, 3.63) is 106 Å². The van der Waals surface area contributed by atoms with Gasteiger partial charge in [-0.15, -0.1) is 11.3 Å². The van der Waals surface area contributed by atoms with E-state index in [9.17, 15) is 42.3 Å². The summed E-state index contributed by atoms with van der Waals surface area (Å²) in [5.74, 6) is -3.68. The Hall–Kier alpha value is -6.83. The van der Waals surface area contributed by atoms with Gasteiger partial charge < -0.3 is 30.5 Å². The highest BCUT2D eigenvalue weighted by Gasteiger charge is 2.43. The number of ether oxygens (including phenoxy) is 1. The number of carbonyl (C=O) groups excluding carboxylic acids is 4. The van der Waals surface area contributed by atoms with E-state index >= 15 is 0 Å². The lowest BCUT2D eigenvalue weighted by Crippen LogP contribution is -2.55. The zero-order valence-electron chi connectivity index (χ0n) is 37.3. The Balaban J connectivity index is 0.798. The number of nitrogens with zero attached hydrogens (tertiary/aromatic N) is 3. The van der Waals surface area contributed by atoms with Crippen LogP contribution in [0.2, 0.25) is 0 Å². The van der Waals surface area contributed by atoms with Gasteiger partial charge in [-0.1, -0.05) is 42.5 Å². The first-order valence-electron chi connectivity index (χ1n) is 22.4. The molecule has 4 aliphatic rings. The normalized spacial score (nSPS) is 19.8. The summed E-state index contributed by atoms with van der Waals surface area (Å²) in [6, 6.07) is 24.2. The first-order valence-corrected chi connectivity index (χ1v) is 24.9. The number of thiophene rings is 1. The molecule has 5 aromatic rings. The van der Waals surface area contributed by atoms with Crippen LogP contribution < -0.4 is 25.6 Å². The van der Waals surface area contributed by atoms with Gasteiger partial charge in [0.25, 0.3) is 5.91 Å². The fourth-order valence-electron chi connectivity index (χ4n) is 10.2. The van der Waals surface area contributed by atoms with Crippen LogP contribution in [0.4, 0.5) is 21.9 Å². The molecule has 0 saturated carbocycles. The van der Waals surface area contributed by atoms with E-state index < -0.39 is 46.1 Å². The number of nitrogens with one attached hydrogen (secondary N) is 3. The van der Waals surface area contributed by atoms with Gasteiger partial charge in [-0.3, -0.25) is 24.6 Å². The minimum absolute atomic E-state index is 0.0184. The molecule has 2 atom stereocenters. The molecule has 3 saturated heterocycles. The minimum atomic E-state index is -3.80. The fourth-order valence-corrected chi connectivity index (χ4v) is 13.1. The second-order valence-corrected chi connectivity index (χ2v) is 21.2. The van der Waals surface area contributed by atoms with Crippen molar-refractivity contribution in [1.82, 2.24) is 14.5 Å². The molecule has 9 rings (SSSR count). The molecular formula is C49H50N6O11S2. The maximum absolute atomic E-state index is 14.1. The number of carbonyl (C=O) groups is 6. The van der Waals surface area contributed by atoms with E-state index in [-0.39, 0.29) is 65.6 Å². The minimum Gasteiger partial charge on any atom is -0.480 e. The summed E-state index contributed by atoms with van der Waals surface area (Å²) in [5, 5.41) is 29.3. The molecule has 354 valence electrons. The predicted octanol–water partition coefficient (Wildman–Crippen LogP) is 7.09. The van der Waals surface area contributed by atoms with Crippen molar-refractivity contribution in [3.63, 3.8) is 0 Å². The maximum atomic E-state index is 14.1. The number of hydrogen-bond donors (Lipinski definition) is 5. The highest BCUT2D eigenvalue weighted by Crippen LogP contribution is 2.44. The molecular weight excluding hydrogens is 913 g/mol. The fraction of sp³-hybridized carbons (Fsp3) is 0.347. The van der Waals surface area contributed by atoms with Crippen LogP contribution in [0, 0.1) is 0 Å². The Labute approximate surface area is 396 Å². The van der Waals surface area contributed by atoms with Crippen molar-refractivity contribution in [2.75, 3.05) is 41.8 Å². The molecule has 0 spiro atoms. The number of likely N-dealkylation sites (tertiary alicyclic amines) is 1. The van der Waals surface area contributed by atoms with Crippen LogP contribution in [0.5, 0.6) is 5.75 Å². The van der Waals surface area contributed by atoms with Crippen molar-refractivity contribution in [2.45, 2.75) is 81.7 Å². The second kappa shape index (κ2) is 18.3. The molecule has 5 heterocycles. The highest BCUT2D eigenvalue weighted by atomic mass is 32.2. The number of piperidine rings is 3. The number of benzene rings is 4. The maximum Gasteiger partial charge on any atom is 0.349 e. The number of hydrogen-bond acceptors (Lipinski definition) is 11. The second-order valence-electron chi connectivity index (χ2n) is 18.3. The number of rotatable bonds is 13. The lowest BCUT2D eigenvalue weighted by molar-refractivity contribution is -0.139. The lowest BCUT2D eigenvalue weighted by Gasteiger charge is -2.45. The number of aromatic carboxylic acids is 1. The van der Waals surface area contributed by atoms with Crippen molar-refractivity contribution in [1.29, 1.82) is 0 Å². The molecule has 0 bridgehead atoms. The number of urea groups is 1. The van der Waals surface area contributed by atoms with Crippen LogP contribution in [-0.4, -0.2) is 107 Å². The summed E-state index contributed by atoms with van der Waals surface area (Å²) in [6.45, 7) is 4.36. The van der Waals surface area contributed by atoms with Gasteiger partial charge in [-0.05, 0) is 116 Å². The topological polar surface area (TPSA) is 232 Å². The van der Waals surface area contributed by atoms with E-state index in [1.54, 1.807) is 39.5 Å². The third kappa shape index (κ3) is 9.24. The Morgan fingerprint density at radius 2 is 1.63 bits per heavy atom. The number of anilines is 3. The summed E-state index contributed by atoms with van der Waals surface area (Å²) < 4.78 is 34.9. The largest absolute Gasteiger partial charge is 0.480 e. The van der Waals surface area contributed by atoms with Crippen LogP contribution >= 0.6 is 11.3 Å².